The van der Waals surface area contributed by atoms with E-state index >= 15 is 0 Å². The average molecular weight is 331 g/mol. The molecule has 2 N–H and O–H groups in total. The Morgan fingerprint density at radius 2 is 1.67 bits per heavy atom. The van der Waals surface area contributed by atoms with Crippen molar-refractivity contribution in [2.45, 2.75) is 64.5 Å². The molecule has 1 unspecified atom stereocenters. The Morgan fingerprint density at radius 1 is 1.10 bits per heavy atom. The quantitative estimate of drug-likeness (QED) is 0.388. The van der Waals surface area contributed by atoms with Crippen LogP contribution < -0.4 is 10.6 Å². The predicted molar refractivity (Wildman–Crippen MR) is 92.3 cm³/mol. The van der Waals surface area contributed by atoms with Gasteiger partial charge in [0.2, 0.25) is 11.8 Å². The fourth-order valence-corrected chi connectivity index (χ4v) is 4.10. The number of unbranched alkanes of at least 4 members (excludes halogenated alkanes) is 3. The van der Waals surface area contributed by atoms with Crippen LogP contribution in [0.1, 0.15) is 59.3 Å². The number of nitrogens with one attached hydrogen (secondary N) is 2. The van der Waals surface area contributed by atoms with Crippen LogP contribution >= 0.6 is 24.0 Å². The van der Waals surface area contributed by atoms with E-state index in [-0.39, 0.29) is 22.2 Å². The number of carbonyl (C=O) groups is 2. The molecule has 0 aromatic heterocycles. The minimum absolute atomic E-state index is 0.0518. The number of thioether (sulfide) groups is 1. The first-order valence-corrected chi connectivity index (χ1v) is 9.23. The Balaban J connectivity index is 2.84. The molecule has 6 heteroatoms. The van der Waals surface area contributed by atoms with Gasteiger partial charge in [0, 0.05) is 5.25 Å². The van der Waals surface area contributed by atoms with Gasteiger partial charge in [-0.2, -0.15) is 11.8 Å². The van der Waals surface area contributed by atoms with Gasteiger partial charge < -0.3 is 10.6 Å². The van der Waals surface area contributed by atoms with Crippen molar-refractivity contribution in [3.8, 4) is 0 Å². The molecule has 0 saturated carbocycles. The van der Waals surface area contributed by atoms with Crippen molar-refractivity contribution in [3.05, 3.63) is 0 Å². The zero-order valence-corrected chi connectivity index (χ0v) is 14.8. The fourth-order valence-electron chi connectivity index (χ4n) is 2.57. The number of hydrogen-bond acceptors (Lipinski definition) is 4. The highest BCUT2D eigenvalue weighted by Crippen LogP contribution is 2.38. The summed E-state index contributed by atoms with van der Waals surface area (Å²) in [6.07, 6.45) is 5.87. The van der Waals surface area contributed by atoms with Crippen LogP contribution in [0.2, 0.25) is 0 Å². The maximum atomic E-state index is 12.5. The standard InChI is InChI=1S/C15H26N2O2S2/c1-4-6-8-10-21-11(3)15(9-7-5-2)12(18)16-14(20)17-13(15)19/h11H,4-10H2,1-3H3,(H2,16,17,18,19,20). The first kappa shape index (κ1) is 18.4. The van der Waals surface area contributed by atoms with Gasteiger partial charge in [0.25, 0.3) is 0 Å². The van der Waals surface area contributed by atoms with E-state index in [1.54, 1.807) is 11.8 Å². The van der Waals surface area contributed by atoms with Crippen molar-refractivity contribution >= 4 is 40.9 Å². The first-order chi connectivity index (χ1) is 9.98. The van der Waals surface area contributed by atoms with E-state index in [2.05, 4.69) is 24.5 Å². The highest BCUT2D eigenvalue weighted by Gasteiger charge is 2.52. The Hall–Kier alpha value is -0.620. The highest BCUT2D eigenvalue weighted by molar-refractivity contribution is 8.00. The van der Waals surface area contributed by atoms with Crippen LogP contribution in [0.3, 0.4) is 0 Å². The molecular formula is C15H26N2O2S2. The molecule has 2 amide bonds. The molecule has 1 rings (SSSR count). The summed E-state index contributed by atoms with van der Waals surface area (Å²) in [5.74, 6) is 0.508. The van der Waals surface area contributed by atoms with Crippen molar-refractivity contribution in [2.75, 3.05) is 5.75 Å². The lowest BCUT2D eigenvalue weighted by Crippen LogP contribution is -2.65. The van der Waals surface area contributed by atoms with E-state index in [0.29, 0.717) is 6.42 Å². The van der Waals surface area contributed by atoms with Crippen molar-refractivity contribution in [1.82, 2.24) is 10.6 Å². The number of thiocarbonyl (C=S) groups is 1. The van der Waals surface area contributed by atoms with E-state index in [4.69, 9.17) is 12.2 Å². The van der Waals surface area contributed by atoms with Gasteiger partial charge in [0.1, 0.15) is 5.41 Å². The lowest BCUT2D eigenvalue weighted by molar-refractivity contribution is -0.144. The monoisotopic (exact) mass is 330 g/mol. The maximum absolute atomic E-state index is 12.5. The minimum Gasteiger partial charge on any atom is -0.302 e. The Labute approximate surface area is 137 Å². The molecule has 0 aromatic carbocycles. The number of rotatable bonds is 9. The summed E-state index contributed by atoms with van der Waals surface area (Å²) in [7, 11) is 0. The van der Waals surface area contributed by atoms with Crippen LogP contribution in [-0.2, 0) is 9.59 Å². The smallest absolute Gasteiger partial charge is 0.242 e. The number of carbonyl (C=O) groups excluding carboxylic acids is 2. The molecule has 0 bridgehead atoms. The largest absolute Gasteiger partial charge is 0.302 e. The number of hydrogen-bond donors (Lipinski definition) is 2. The summed E-state index contributed by atoms with van der Waals surface area (Å²) < 4.78 is 0. The molecule has 0 radical (unpaired) electrons. The van der Waals surface area contributed by atoms with Gasteiger partial charge in [-0.1, -0.05) is 46.5 Å². The van der Waals surface area contributed by atoms with Crippen LogP contribution in [0.15, 0.2) is 0 Å². The van der Waals surface area contributed by atoms with Gasteiger partial charge in [-0.25, -0.2) is 0 Å². The number of amides is 2. The lowest BCUT2D eigenvalue weighted by atomic mass is 9.77. The summed E-state index contributed by atoms with van der Waals surface area (Å²) in [6, 6.07) is 0. The summed E-state index contributed by atoms with van der Waals surface area (Å²) in [6.45, 7) is 6.22. The fraction of sp³-hybridized carbons (Fsp3) is 0.800. The molecule has 0 spiro atoms. The van der Waals surface area contributed by atoms with E-state index in [9.17, 15) is 9.59 Å². The molecule has 21 heavy (non-hydrogen) atoms. The second-order valence-corrected chi connectivity index (χ2v) is 7.39. The molecule has 1 saturated heterocycles. The molecule has 1 aliphatic heterocycles. The summed E-state index contributed by atoms with van der Waals surface area (Å²) >= 11 is 6.63. The predicted octanol–water partition coefficient (Wildman–Crippen LogP) is 3.01. The van der Waals surface area contributed by atoms with Gasteiger partial charge in [0.15, 0.2) is 5.11 Å². The first-order valence-electron chi connectivity index (χ1n) is 7.77. The molecule has 1 aliphatic rings. The third kappa shape index (κ3) is 4.42. The molecule has 120 valence electrons. The van der Waals surface area contributed by atoms with Crippen molar-refractivity contribution < 1.29 is 9.59 Å². The van der Waals surface area contributed by atoms with Crippen molar-refractivity contribution in [2.24, 2.45) is 5.41 Å². The van der Waals surface area contributed by atoms with Crippen LogP contribution in [0.25, 0.3) is 0 Å². The van der Waals surface area contributed by atoms with E-state index < -0.39 is 5.41 Å². The van der Waals surface area contributed by atoms with Crippen molar-refractivity contribution in [1.29, 1.82) is 0 Å². The third-order valence-electron chi connectivity index (χ3n) is 4.00. The molecule has 1 atom stereocenters. The molecule has 1 heterocycles. The van der Waals surface area contributed by atoms with Crippen molar-refractivity contribution in [3.63, 3.8) is 0 Å². The zero-order chi connectivity index (χ0) is 15.9. The van der Waals surface area contributed by atoms with Gasteiger partial charge >= 0.3 is 0 Å². The molecule has 4 nitrogen and oxygen atoms in total. The second-order valence-electron chi connectivity index (χ2n) is 5.53. The topological polar surface area (TPSA) is 58.2 Å². The average Bonchev–Trinajstić information content (AvgIpc) is 2.43. The Bertz CT molecular complexity index is 379. The van der Waals surface area contributed by atoms with E-state index in [1.807, 2.05) is 6.92 Å². The van der Waals surface area contributed by atoms with Crippen LogP contribution in [0.4, 0.5) is 0 Å². The lowest BCUT2D eigenvalue weighted by Gasteiger charge is -2.39. The van der Waals surface area contributed by atoms with Gasteiger partial charge in [-0.05, 0) is 30.8 Å². The molecule has 1 fully saturated rings. The van der Waals surface area contributed by atoms with Gasteiger partial charge in [0.05, 0.1) is 0 Å². The minimum atomic E-state index is -0.991. The Kier molecular flexibility index (Phi) is 7.66. The summed E-state index contributed by atoms with van der Waals surface area (Å²) in [4.78, 5) is 25.0. The molecule has 0 aromatic rings. The van der Waals surface area contributed by atoms with E-state index in [1.165, 1.54) is 12.8 Å². The Morgan fingerprint density at radius 3 is 2.19 bits per heavy atom. The normalized spacial score (nSPS) is 19.1. The second kappa shape index (κ2) is 8.73. The summed E-state index contributed by atoms with van der Waals surface area (Å²) in [5.41, 5.74) is -0.991. The van der Waals surface area contributed by atoms with Gasteiger partial charge in [-0.15, -0.1) is 0 Å². The zero-order valence-electron chi connectivity index (χ0n) is 13.2. The maximum Gasteiger partial charge on any atom is 0.242 e. The van der Waals surface area contributed by atoms with Crippen LogP contribution in [0.5, 0.6) is 0 Å². The van der Waals surface area contributed by atoms with Crippen LogP contribution in [0, 0.1) is 5.41 Å². The third-order valence-corrected chi connectivity index (χ3v) is 5.63. The molecular weight excluding hydrogens is 304 g/mol. The molecule has 0 aliphatic carbocycles. The van der Waals surface area contributed by atoms with E-state index in [0.717, 1.165) is 25.0 Å². The van der Waals surface area contributed by atoms with Crippen LogP contribution in [-0.4, -0.2) is 27.9 Å². The SMILES string of the molecule is CCCCCSC(C)C1(CCCC)C(=O)NC(=S)NC1=O. The summed E-state index contributed by atoms with van der Waals surface area (Å²) in [5, 5.41) is 5.35. The van der Waals surface area contributed by atoms with Gasteiger partial charge in [-0.3, -0.25) is 9.59 Å². The highest BCUT2D eigenvalue weighted by atomic mass is 32.2.